The highest BCUT2D eigenvalue weighted by atomic mass is 31.2. The van der Waals surface area contributed by atoms with Gasteiger partial charge in [0.15, 0.2) is 6.10 Å². The minimum atomic E-state index is -4.87. The molecule has 14 nitrogen and oxygen atoms in total. The highest BCUT2D eigenvalue weighted by Gasteiger charge is 2.28. The Labute approximate surface area is 329 Å². The van der Waals surface area contributed by atoms with Crippen LogP contribution in [0.15, 0.2) is 36.5 Å². The van der Waals surface area contributed by atoms with Crippen molar-refractivity contribution >= 4 is 27.6 Å². The first-order chi connectivity index (χ1) is 26.2. The summed E-state index contributed by atoms with van der Waals surface area (Å²) in [6, 6.07) is 0. The van der Waals surface area contributed by atoms with E-state index in [0.29, 0.717) is 19.3 Å². The number of aliphatic hydroxyl groups is 2. The van der Waals surface area contributed by atoms with Crippen LogP contribution in [-0.2, 0) is 41.8 Å². The summed E-state index contributed by atoms with van der Waals surface area (Å²) in [5, 5.41) is 19.8. The van der Waals surface area contributed by atoms with Gasteiger partial charge in [-0.25, -0.2) is 9.13 Å². The van der Waals surface area contributed by atoms with Gasteiger partial charge in [-0.05, 0) is 38.0 Å². The Morgan fingerprint density at radius 2 is 1.18 bits per heavy atom. The van der Waals surface area contributed by atoms with Crippen LogP contribution in [0.4, 0.5) is 0 Å². The van der Waals surface area contributed by atoms with Crippen molar-refractivity contribution in [3.05, 3.63) is 36.5 Å². The van der Waals surface area contributed by atoms with Crippen molar-refractivity contribution in [1.82, 2.24) is 0 Å². The average Bonchev–Trinajstić information content (AvgIpc) is 3.13. The number of esters is 2. The Morgan fingerprint density at radius 3 is 1.78 bits per heavy atom. The van der Waals surface area contributed by atoms with E-state index in [1.807, 2.05) is 18.2 Å². The first-order valence-corrected chi connectivity index (χ1v) is 23.2. The second kappa shape index (κ2) is 34.4. The molecule has 0 aliphatic heterocycles. The number of carbonyl (C=O) groups is 2. The van der Waals surface area contributed by atoms with Crippen LogP contribution in [0.2, 0.25) is 0 Å². The van der Waals surface area contributed by atoms with Crippen LogP contribution in [0.3, 0.4) is 0 Å². The lowest BCUT2D eigenvalue weighted by Gasteiger charge is -2.20. The molecule has 322 valence electrons. The number of ether oxygens (including phenoxy) is 2. The molecule has 3 unspecified atom stereocenters. The Morgan fingerprint density at radius 1 is 0.636 bits per heavy atom. The molecule has 0 saturated heterocycles. The highest BCUT2D eigenvalue weighted by Crippen LogP contribution is 2.43. The maximum Gasteiger partial charge on any atom is 0.472 e. The van der Waals surface area contributed by atoms with Gasteiger partial charge in [-0.1, -0.05) is 141 Å². The topological polar surface area (TPSA) is 216 Å². The highest BCUT2D eigenvalue weighted by molar-refractivity contribution is 7.47. The molecule has 0 bridgehead atoms. The number of phosphoric acid groups is 2. The van der Waals surface area contributed by atoms with Gasteiger partial charge < -0.3 is 34.4 Å². The predicted molar refractivity (Wildman–Crippen MR) is 213 cm³/mol. The van der Waals surface area contributed by atoms with Crippen molar-refractivity contribution in [1.29, 1.82) is 0 Å². The summed E-state index contributed by atoms with van der Waals surface area (Å²) in [6.45, 7) is 3.80. The number of phosphoric ester groups is 2. The zero-order valence-corrected chi connectivity index (χ0v) is 35.3. The molecule has 5 atom stereocenters. The van der Waals surface area contributed by atoms with Crippen molar-refractivity contribution in [3.63, 3.8) is 0 Å². The van der Waals surface area contributed by atoms with Gasteiger partial charge in [0, 0.05) is 12.8 Å². The van der Waals surface area contributed by atoms with Crippen molar-refractivity contribution in [2.45, 2.75) is 167 Å². The van der Waals surface area contributed by atoms with E-state index < -0.39 is 72.3 Å². The maximum absolute atomic E-state index is 12.6. The van der Waals surface area contributed by atoms with E-state index in [1.165, 1.54) is 38.5 Å². The smallest absolute Gasteiger partial charge is 0.462 e. The van der Waals surface area contributed by atoms with Crippen LogP contribution < -0.4 is 0 Å². The molecule has 0 aromatic carbocycles. The first kappa shape index (κ1) is 53.3. The molecule has 0 rings (SSSR count). The van der Waals surface area contributed by atoms with Gasteiger partial charge in [0.1, 0.15) is 12.7 Å². The maximum atomic E-state index is 12.6. The summed E-state index contributed by atoms with van der Waals surface area (Å²) in [7, 11) is -9.70. The third-order valence-corrected chi connectivity index (χ3v) is 10.1. The van der Waals surface area contributed by atoms with Crippen LogP contribution in [0, 0.1) is 5.92 Å². The molecule has 0 radical (unpaired) electrons. The summed E-state index contributed by atoms with van der Waals surface area (Å²) >= 11 is 0. The Bertz CT molecular complexity index is 1160. The molecule has 0 fully saturated rings. The van der Waals surface area contributed by atoms with E-state index in [9.17, 15) is 33.8 Å². The third-order valence-electron chi connectivity index (χ3n) is 8.68. The van der Waals surface area contributed by atoms with Gasteiger partial charge in [-0.15, -0.1) is 0 Å². The quantitative estimate of drug-likeness (QED) is 0.0130. The van der Waals surface area contributed by atoms with Crippen LogP contribution in [0.25, 0.3) is 0 Å². The van der Waals surface area contributed by atoms with Crippen LogP contribution >= 0.6 is 15.6 Å². The number of allylic oxidation sites excluding steroid dienone is 5. The minimum Gasteiger partial charge on any atom is -0.462 e. The first-order valence-electron chi connectivity index (χ1n) is 20.2. The molecule has 0 aliphatic carbocycles. The average molecular weight is 827 g/mol. The summed E-state index contributed by atoms with van der Waals surface area (Å²) in [5.41, 5.74) is 0. The van der Waals surface area contributed by atoms with Crippen molar-refractivity contribution in [3.8, 4) is 0 Å². The number of rotatable bonds is 37. The number of hydrogen-bond donors (Lipinski definition) is 5. The lowest BCUT2D eigenvalue weighted by Crippen LogP contribution is -2.30. The van der Waals surface area contributed by atoms with E-state index >= 15 is 0 Å². The van der Waals surface area contributed by atoms with Gasteiger partial charge in [-0.2, -0.15) is 0 Å². The lowest BCUT2D eigenvalue weighted by molar-refractivity contribution is -0.161. The molecule has 0 saturated carbocycles. The zero-order chi connectivity index (χ0) is 41.2. The number of aliphatic hydroxyl groups excluding tert-OH is 2. The zero-order valence-electron chi connectivity index (χ0n) is 33.5. The molecule has 16 heteroatoms. The van der Waals surface area contributed by atoms with Gasteiger partial charge in [0.2, 0.25) is 0 Å². The van der Waals surface area contributed by atoms with E-state index in [2.05, 4.69) is 42.0 Å². The molecule has 0 aliphatic rings. The molecular weight excluding hydrogens is 754 g/mol. The molecule has 0 heterocycles. The number of carbonyl (C=O) groups excluding carboxylic acids is 2. The van der Waals surface area contributed by atoms with Gasteiger partial charge in [-0.3, -0.25) is 23.2 Å². The van der Waals surface area contributed by atoms with Crippen molar-refractivity contribution < 1.29 is 66.7 Å². The van der Waals surface area contributed by atoms with Gasteiger partial charge in [0.05, 0.1) is 25.9 Å². The molecule has 5 N–H and O–H groups in total. The third kappa shape index (κ3) is 37.6. The molecule has 0 spiro atoms. The van der Waals surface area contributed by atoms with Crippen LogP contribution in [0.5, 0.6) is 0 Å². The largest absolute Gasteiger partial charge is 0.472 e. The Kier molecular flexibility index (Phi) is 33.3. The molecule has 0 aromatic rings. The van der Waals surface area contributed by atoms with E-state index in [-0.39, 0.29) is 12.8 Å². The fourth-order valence-electron chi connectivity index (χ4n) is 5.21. The SMILES string of the molecule is CC/C=C/C/C=C/C=C/C(O)CCCCCCCC(=O)O[C@H](COC(=O)CCCCCCCCCCC(C)CC)COP(=O)(O)OC[C@@H](O)COP(=O)(O)O. The standard InChI is InChI=1S/C39H72O14P2/c1-4-6-7-8-11-16-21-26-35(40)27-22-17-14-19-24-29-39(43)53-37(33-52-55(47,48)51-31-36(41)30-50-54(44,45)46)32-49-38(42)28-23-18-13-10-9-12-15-20-25-34(3)5-2/h6-7,11,16,21,26,34-37,40-41H,4-5,8-10,12-15,17-20,22-25,27-33H2,1-3H3,(H,47,48)(H2,44,45,46)/b7-6+,16-11+,26-21+/t34?,35?,36-,37+/m0/s1. The predicted octanol–water partition coefficient (Wildman–Crippen LogP) is 8.55. The summed E-state index contributed by atoms with van der Waals surface area (Å²) < 4.78 is 47.6. The Balaban J connectivity index is 4.66. The number of hydrogen-bond acceptors (Lipinski definition) is 11. The van der Waals surface area contributed by atoms with E-state index in [0.717, 1.165) is 63.7 Å². The second-order valence-electron chi connectivity index (χ2n) is 14.0. The van der Waals surface area contributed by atoms with Crippen LogP contribution in [0.1, 0.15) is 149 Å². The molecule has 0 aromatic heterocycles. The fourth-order valence-corrected chi connectivity index (χ4v) is 6.37. The normalized spacial score (nSPS) is 15.7. The molecule has 55 heavy (non-hydrogen) atoms. The Hall–Kier alpha value is -1.70. The summed E-state index contributed by atoms with van der Waals surface area (Å²) in [4.78, 5) is 52.5. The monoisotopic (exact) mass is 826 g/mol. The fraction of sp³-hybridized carbons (Fsp3) is 0.795. The molecular formula is C39H72O14P2. The van der Waals surface area contributed by atoms with Crippen LogP contribution in [-0.4, -0.2) is 81.6 Å². The summed E-state index contributed by atoms with van der Waals surface area (Å²) in [5.74, 6) is -0.322. The van der Waals surface area contributed by atoms with Crippen molar-refractivity contribution in [2.24, 2.45) is 5.92 Å². The van der Waals surface area contributed by atoms with E-state index in [1.54, 1.807) is 6.08 Å². The van der Waals surface area contributed by atoms with Gasteiger partial charge in [0.25, 0.3) is 0 Å². The molecule has 0 amide bonds. The minimum absolute atomic E-state index is 0.0620. The van der Waals surface area contributed by atoms with E-state index in [4.69, 9.17) is 23.8 Å². The van der Waals surface area contributed by atoms with Gasteiger partial charge >= 0.3 is 27.6 Å². The lowest BCUT2D eigenvalue weighted by atomic mass is 9.99. The summed E-state index contributed by atoms with van der Waals surface area (Å²) in [6.07, 6.45) is 26.0. The number of unbranched alkanes of at least 4 members (excludes halogenated alkanes) is 11. The second-order valence-corrected chi connectivity index (χ2v) is 16.7. The van der Waals surface area contributed by atoms with Crippen molar-refractivity contribution in [2.75, 3.05) is 26.4 Å².